The van der Waals surface area contributed by atoms with E-state index in [-0.39, 0.29) is 49.3 Å². The van der Waals surface area contributed by atoms with Gasteiger partial charge in [0.1, 0.15) is 22.2 Å². The lowest BCUT2D eigenvalue weighted by Crippen LogP contribution is -2.47. The Balaban J connectivity index is 1.35. The Morgan fingerprint density at radius 3 is 2.53 bits per heavy atom. The summed E-state index contributed by atoms with van der Waals surface area (Å²) in [6, 6.07) is 5.34. The van der Waals surface area contributed by atoms with Crippen LogP contribution in [-0.2, 0) is 40.7 Å². The molecule has 3 aromatic rings. The monoisotopic (exact) mass is 852 g/mol. The minimum absolute atomic E-state index is 0.0563. The maximum atomic E-state index is 14.7. The van der Waals surface area contributed by atoms with Crippen LogP contribution in [0.4, 0.5) is 0 Å². The number of aromatic nitrogens is 3. The number of carbonyl (C=O) groups excluding carboxylic acids is 4. The molecule has 4 heterocycles. The molecule has 1 saturated carbocycles. The van der Waals surface area contributed by atoms with Gasteiger partial charge in [0, 0.05) is 49.8 Å². The maximum absolute atomic E-state index is 14.7. The Kier molecular flexibility index (Phi) is 13.1. The van der Waals surface area contributed by atoms with Crippen LogP contribution in [0.5, 0.6) is 6.01 Å². The molecule has 2 fully saturated rings. The predicted molar refractivity (Wildman–Crippen MR) is 227 cm³/mol. The van der Waals surface area contributed by atoms with Crippen molar-refractivity contribution in [2.24, 2.45) is 17.3 Å². The van der Waals surface area contributed by atoms with Gasteiger partial charge in [-0.1, -0.05) is 44.9 Å². The number of nitrogens with zero attached hydrogens (tertiary/aromatic N) is 5. The number of para-hydroxylation sites is 1. The van der Waals surface area contributed by atoms with Crippen LogP contribution >= 0.6 is 11.3 Å². The van der Waals surface area contributed by atoms with E-state index in [4.69, 9.17) is 19.4 Å². The average Bonchev–Trinajstić information content (AvgIpc) is 3.41. The van der Waals surface area contributed by atoms with Gasteiger partial charge < -0.3 is 14.4 Å². The SMILES string of the molecule is CCn1c(O[C@@H]2C[C@H]3C(=O)C[C@]4(C(=O)NS(=O)(=O)N(C)C)C[C@@H]4/C=C\CCCCC[C@H](CC(=O)OC(C)(C)C)C(=O)N3C2)nc2c(-c3nc(C(C)C)c(C)s3)cccc21. The number of hydrogen-bond donors (Lipinski definition) is 1. The molecule has 3 aliphatic rings. The van der Waals surface area contributed by atoms with Gasteiger partial charge in [-0.3, -0.25) is 23.7 Å². The van der Waals surface area contributed by atoms with Gasteiger partial charge in [0.25, 0.3) is 6.01 Å². The molecule has 1 aliphatic carbocycles. The minimum Gasteiger partial charge on any atom is -0.460 e. The first kappa shape index (κ1) is 44.4. The van der Waals surface area contributed by atoms with Crippen LogP contribution in [0.15, 0.2) is 30.4 Å². The largest absolute Gasteiger partial charge is 0.460 e. The van der Waals surface area contributed by atoms with Gasteiger partial charge in [0.15, 0.2) is 5.78 Å². The van der Waals surface area contributed by atoms with E-state index in [9.17, 15) is 27.6 Å². The standard InChI is InChI=1S/C43H60N6O8S2/c1-10-48-32-20-16-19-31(38-44-36(26(2)3)27(4)58-38)37(32)45-41(48)56-30-22-33-34(50)24-43(40(53)46-59(54,55)47(8)9)23-29(43)18-15-13-11-12-14-17-28(39(52)49(33)25-30)21-35(51)57-42(5,6)7/h15-16,18-20,26,28-30,33H,10-14,17,21-25H2,1-9H3,(H,46,53)/b18-15-/t28-,29+,30-,33+,43-/m1/s1. The summed E-state index contributed by atoms with van der Waals surface area (Å²) in [5.41, 5.74) is 1.50. The van der Waals surface area contributed by atoms with Crippen molar-refractivity contribution in [3.8, 4) is 16.6 Å². The first-order chi connectivity index (χ1) is 27.7. The van der Waals surface area contributed by atoms with Crippen LogP contribution in [-0.4, -0.2) is 94.1 Å². The second kappa shape index (κ2) is 17.4. The molecule has 0 radical (unpaired) electrons. The highest BCUT2D eigenvalue weighted by Crippen LogP contribution is 2.57. The van der Waals surface area contributed by atoms with Crippen LogP contribution in [0, 0.1) is 24.2 Å². The number of rotatable bonds is 10. The fourth-order valence-corrected chi connectivity index (χ4v) is 10.1. The predicted octanol–water partition coefficient (Wildman–Crippen LogP) is 6.72. The van der Waals surface area contributed by atoms with Gasteiger partial charge >= 0.3 is 16.2 Å². The molecule has 5 atom stereocenters. The fourth-order valence-electron chi connectivity index (χ4n) is 8.42. The molecular formula is C43H60N6O8S2. The van der Waals surface area contributed by atoms with E-state index in [0.717, 1.165) is 55.7 Å². The first-order valence-corrected chi connectivity index (χ1v) is 23.1. The molecule has 0 bridgehead atoms. The molecule has 6 rings (SSSR count). The fraction of sp³-hybridized carbons (Fsp3) is 0.628. The van der Waals surface area contributed by atoms with Crippen LogP contribution in [0.1, 0.15) is 116 Å². The molecule has 0 spiro atoms. The average molecular weight is 853 g/mol. The maximum Gasteiger partial charge on any atom is 0.307 e. The zero-order valence-electron chi connectivity index (χ0n) is 35.9. The molecule has 2 aliphatic heterocycles. The number of ketones is 1. The number of carbonyl (C=O) groups is 4. The molecule has 16 heteroatoms. The number of allylic oxidation sites excluding steroid dienone is 2. The van der Waals surface area contributed by atoms with Crippen molar-refractivity contribution in [1.82, 2.24) is 28.5 Å². The lowest BCUT2D eigenvalue weighted by atomic mass is 9.90. The Bertz CT molecular complexity index is 2220. The number of esters is 1. The van der Waals surface area contributed by atoms with Gasteiger partial charge in [-0.25, -0.2) is 9.71 Å². The van der Waals surface area contributed by atoms with E-state index >= 15 is 0 Å². The van der Waals surface area contributed by atoms with Gasteiger partial charge in [-0.05, 0) is 84.3 Å². The van der Waals surface area contributed by atoms with Crippen molar-refractivity contribution >= 4 is 56.1 Å². The van der Waals surface area contributed by atoms with Gasteiger partial charge in [0.05, 0.1) is 35.6 Å². The normalized spacial score (nSPS) is 25.0. The Hall–Kier alpha value is -4.15. The summed E-state index contributed by atoms with van der Waals surface area (Å²) in [5.74, 6) is -2.76. The van der Waals surface area contributed by atoms with E-state index in [1.165, 1.54) is 19.0 Å². The number of thiazole rings is 1. The summed E-state index contributed by atoms with van der Waals surface area (Å²) >= 11 is 1.63. The molecule has 0 unspecified atom stereocenters. The molecule has 1 N–H and O–H groups in total. The van der Waals surface area contributed by atoms with Gasteiger partial charge in [-0.15, -0.1) is 11.3 Å². The summed E-state index contributed by atoms with van der Waals surface area (Å²) in [4.78, 5) is 69.1. The number of Topliss-reactive ketones (excluding diaryl/α,β-unsaturated/α-hetero) is 1. The highest BCUT2D eigenvalue weighted by molar-refractivity contribution is 7.87. The topological polar surface area (TPSA) is 170 Å². The third-order valence-corrected chi connectivity index (χ3v) is 14.0. The third kappa shape index (κ3) is 9.75. The van der Waals surface area contributed by atoms with E-state index in [0.29, 0.717) is 31.8 Å². The second-order valence-corrected chi connectivity index (χ2v) is 20.9. The quantitative estimate of drug-likeness (QED) is 0.171. The molecule has 14 nitrogen and oxygen atoms in total. The molecule has 1 aromatic carbocycles. The summed E-state index contributed by atoms with van der Waals surface area (Å²) in [6.07, 6.45) is 6.76. The van der Waals surface area contributed by atoms with Crippen LogP contribution in [0.2, 0.25) is 0 Å². The van der Waals surface area contributed by atoms with E-state index in [2.05, 4.69) is 25.5 Å². The zero-order chi connectivity index (χ0) is 43.0. The highest BCUT2D eigenvalue weighted by Gasteiger charge is 2.61. The van der Waals surface area contributed by atoms with Gasteiger partial charge in [-0.2, -0.15) is 17.7 Å². The lowest BCUT2D eigenvalue weighted by molar-refractivity contribution is -0.159. The van der Waals surface area contributed by atoms with Crippen molar-refractivity contribution in [1.29, 1.82) is 0 Å². The van der Waals surface area contributed by atoms with Crippen LogP contribution < -0.4 is 9.46 Å². The number of aryl methyl sites for hydroxylation is 2. The number of imidazole rings is 1. The molecule has 1 saturated heterocycles. The van der Waals surface area contributed by atoms with Crippen molar-refractivity contribution in [2.75, 3.05) is 20.6 Å². The molecule has 322 valence electrons. The van der Waals surface area contributed by atoms with Crippen LogP contribution in [0.3, 0.4) is 0 Å². The number of ether oxygens (including phenoxy) is 2. The summed E-state index contributed by atoms with van der Waals surface area (Å²) < 4.78 is 43.0. The van der Waals surface area contributed by atoms with Crippen molar-refractivity contribution in [3.05, 3.63) is 40.9 Å². The Labute approximate surface area is 352 Å². The molecule has 2 aromatic heterocycles. The Morgan fingerprint density at radius 2 is 1.86 bits per heavy atom. The number of fused-ring (bicyclic) bond motifs is 3. The van der Waals surface area contributed by atoms with Crippen molar-refractivity contribution < 1.29 is 37.1 Å². The molecule has 59 heavy (non-hydrogen) atoms. The van der Waals surface area contributed by atoms with E-state index in [1.807, 2.05) is 41.8 Å². The minimum atomic E-state index is -4.13. The van der Waals surface area contributed by atoms with E-state index < -0.39 is 51.2 Å². The lowest BCUT2D eigenvalue weighted by Gasteiger charge is -2.29. The summed E-state index contributed by atoms with van der Waals surface area (Å²) in [7, 11) is -1.48. The van der Waals surface area contributed by atoms with Crippen LogP contribution in [0.25, 0.3) is 21.6 Å². The Morgan fingerprint density at radius 1 is 1.12 bits per heavy atom. The summed E-state index contributed by atoms with van der Waals surface area (Å²) in [5, 5.41) is 0.868. The number of benzene rings is 1. The van der Waals surface area contributed by atoms with Crippen molar-refractivity contribution in [3.63, 3.8) is 0 Å². The second-order valence-electron chi connectivity index (χ2n) is 17.8. The highest BCUT2D eigenvalue weighted by atomic mass is 32.2. The third-order valence-electron chi connectivity index (χ3n) is 11.6. The van der Waals surface area contributed by atoms with Crippen molar-refractivity contribution in [2.45, 2.75) is 136 Å². The zero-order valence-corrected chi connectivity index (χ0v) is 37.5. The summed E-state index contributed by atoms with van der Waals surface area (Å²) in [6.45, 7) is 14.3. The molecule has 2 amide bonds. The smallest absolute Gasteiger partial charge is 0.307 e. The number of nitrogens with one attached hydrogen (secondary N) is 1. The molecular weight excluding hydrogens is 793 g/mol. The first-order valence-electron chi connectivity index (χ1n) is 20.8. The van der Waals surface area contributed by atoms with Gasteiger partial charge in [0.2, 0.25) is 11.8 Å². The van der Waals surface area contributed by atoms with E-state index in [1.54, 1.807) is 32.1 Å². The number of hydrogen-bond acceptors (Lipinski definition) is 11. The number of amides is 2.